The Labute approximate surface area is 72.5 Å². The molecule has 0 aromatic carbocycles. The highest BCUT2D eigenvalue weighted by molar-refractivity contribution is 5.73. The van der Waals surface area contributed by atoms with Crippen molar-refractivity contribution in [1.82, 2.24) is 5.32 Å². The van der Waals surface area contributed by atoms with Gasteiger partial charge in [-0.05, 0) is 32.6 Å². The van der Waals surface area contributed by atoms with Crippen LogP contribution in [0.1, 0.15) is 32.6 Å². The van der Waals surface area contributed by atoms with E-state index in [0.717, 1.165) is 18.5 Å². The van der Waals surface area contributed by atoms with Crippen LogP contribution >= 0.6 is 0 Å². The Morgan fingerprint density at radius 3 is 2.92 bits per heavy atom. The maximum Gasteiger partial charge on any atom is 0.325 e. The lowest BCUT2D eigenvalue weighted by Crippen LogP contribution is -2.33. The molecule has 1 unspecified atom stereocenters. The summed E-state index contributed by atoms with van der Waals surface area (Å²) < 4.78 is 0. The van der Waals surface area contributed by atoms with E-state index in [9.17, 15) is 4.79 Å². The van der Waals surface area contributed by atoms with Crippen LogP contribution in [0.3, 0.4) is 0 Å². The average molecular weight is 169 g/mol. The third-order valence-corrected chi connectivity index (χ3v) is 2.06. The number of rotatable bonds is 3. The number of hydrogen-bond acceptors (Lipinski definition) is 2. The summed E-state index contributed by atoms with van der Waals surface area (Å²) in [6.07, 6.45) is 6.58. The summed E-state index contributed by atoms with van der Waals surface area (Å²) in [5.74, 6) is -0.790. The van der Waals surface area contributed by atoms with Gasteiger partial charge in [0.1, 0.15) is 6.04 Å². The van der Waals surface area contributed by atoms with Gasteiger partial charge in [-0.1, -0.05) is 6.08 Å². The van der Waals surface area contributed by atoms with Gasteiger partial charge in [-0.25, -0.2) is 0 Å². The molecule has 3 nitrogen and oxygen atoms in total. The van der Waals surface area contributed by atoms with Crippen LogP contribution in [-0.2, 0) is 4.79 Å². The fourth-order valence-electron chi connectivity index (χ4n) is 1.31. The summed E-state index contributed by atoms with van der Waals surface area (Å²) in [5, 5.41) is 11.6. The number of aliphatic carboxylic acids is 1. The Hall–Kier alpha value is -0.990. The van der Waals surface area contributed by atoms with E-state index in [-0.39, 0.29) is 0 Å². The second-order valence-electron chi connectivity index (χ2n) is 3.18. The van der Waals surface area contributed by atoms with Gasteiger partial charge in [0, 0.05) is 5.70 Å². The maximum absolute atomic E-state index is 10.5. The molecule has 1 atom stereocenters. The molecule has 0 saturated heterocycles. The van der Waals surface area contributed by atoms with E-state index in [0.29, 0.717) is 0 Å². The summed E-state index contributed by atoms with van der Waals surface area (Å²) in [7, 11) is 0. The highest BCUT2D eigenvalue weighted by Gasteiger charge is 2.12. The predicted molar refractivity (Wildman–Crippen MR) is 46.8 cm³/mol. The monoisotopic (exact) mass is 169 g/mol. The Balaban J connectivity index is 2.39. The quantitative estimate of drug-likeness (QED) is 0.673. The van der Waals surface area contributed by atoms with Gasteiger partial charge in [-0.3, -0.25) is 4.79 Å². The van der Waals surface area contributed by atoms with Crippen LogP contribution < -0.4 is 5.32 Å². The molecule has 0 amide bonds. The van der Waals surface area contributed by atoms with Gasteiger partial charge in [-0.2, -0.15) is 0 Å². The summed E-state index contributed by atoms with van der Waals surface area (Å²) in [6, 6.07) is -0.464. The second-order valence-corrected chi connectivity index (χ2v) is 3.18. The van der Waals surface area contributed by atoms with Crippen molar-refractivity contribution in [2.75, 3.05) is 0 Å². The minimum absolute atomic E-state index is 0.464. The first-order valence-electron chi connectivity index (χ1n) is 4.38. The van der Waals surface area contributed by atoms with Crippen molar-refractivity contribution in [1.29, 1.82) is 0 Å². The van der Waals surface area contributed by atoms with Crippen molar-refractivity contribution in [3.8, 4) is 0 Å². The van der Waals surface area contributed by atoms with E-state index in [1.807, 2.05) is 0 Å². The van der Waals surface area contributed by atoms with Crippen molar-refractivity contribution in [3.05, 3.63) is 11.8 Å². The number of carbonyl (C=O) groups is 1. The highest BCUT2D eigenvalue weighted by atomic mass is 16.4. The summed E-state index contributed by atoms with van der Waals surface area (Å²) in [5.41, 5.74) is 1.09. The third kappa shape index (κ3) is 2.57. The standard InChI is InChI=1S/C9H15NO2/c1-7(9(11)12)10-8-5-3-2-4-6-8/h5,7,10H,2-4,6H2,1H3,(H,11,12). The van der Waals surface area contributed by atoms with Gasteiger partial charge in [0.05, 0.1) is 0 Å². The zero-order valence-corrected chi connectivity index (χ0v) is 7.34. The van der Waals surface area contributed by atoms with Gasteiger partial charge in [0.15, 0.2) is 0 Å². The molecule has 68 valence electrons. The number of carboxylic acid groups (broad SMARTS) is 1. The lowest BCUT2D eigenvalue weighted by Gasteiger charge is -2.17. The molecule has 0 aromatic rings. The van der Waals surface area contributed by atoms with E-state index in [1.54, 1.807) is 6.92 Å². The molecule has 12 heavy (non-hydrogen) atoms. The maximum atomic E-state index is 10.5. The van der Waals surface area contributed by atoms with Crippen molar-refractivity contribution in [2.24, 2.45) is 0 Å². The largest absolute Gasteiger partial charge is 0.480 e. The van der Waals surface area contributed by atoms with Crippen molar-refractivity contribution < 1.29 is 9.90 Å². The number of carboxylic acids is 1. The van der Waals surface area contributed by atoms with Crippen LogP contribution in [-0.4, -0.2) is 17.1 Å². The minimum Gasteiger partial charge on any atom is -0.480 e. The topological polar surface area (TPSA) is 49.3 Å². The van der Waals surface area contributed by atoms with Gasteiger partial charge in [-0.15, -0.1) is 0 Å². The van der Waals surface area contributed by atoms with Crippen LogP contribution in [0.25, 0.3) is 0 Å². The van der Waals surface area contributed by atoms with Crippen LogP contribution in [0.15, 0.2) is 11.8 Å². The van der Waals surface area contributed by atoms with E-state index in [2.05, 4.69) is 11.4 Å². The first kappa shape index (κ1) is 9.10. The zero-order valence-electron chi connectivity index (χ0n) is 7.34. The summed E-state index contributed by atoms with van der Waals surface area (Å²) in [6.45, 7) is 1.66. The molecule has 1 rings (SSSR count). The lowest BCUT2D eigenvalue weighted by molar-refractivity contribution is -0.138. The van der Waals surface area contributed by atoms with E-state index >= 15 is 0 Å². The van der Waals surface area contributed by atoms with Crippen molar-refractivity contribution in [3.63, 3.8) is 0 Å². The molecule has 0 aliphatic heterocycles. The Kier molecular flexibility index (Phi) is 3.14. The molecule has 1 aliphatic carbocycles. The molecule has 0 bridgehead atoms. The molecule has 0 spiro atoms. The predicted octanol–water partition coefficient (Wildman–Crippen LogP) is 1.51. The first-order valence-corrected chi connectivity index (χ1v) is 4.38. The smallest absolute Gasteiger partial charge is 0.325 e. The molecule has 0 radical (unpaired) electrons. The molecule has 0 saturated carbocycles. The lowest BCUT2D eigenvalue weighted by atomic mass is 10.0. The molecule has 1 aliphatic rings. The Bertz CT molecular complexity index is 199. The first-order chi connectivity index (χ1) is 5.70. The van der Waals surface area contributed by atoms with Crippen molar-refractivity contribution in [2.45, 2.75) is 38.6 Å². The highest BCUT2D eigenvalue weighted by Crippen LogP contribution is 2.15. The molecular weight excluding hydrogens is 154 g/mol. The van der Waals surface area contributed by atoms with E-state index in [1.165, 1.54) is 12.8 Å². The normalized spacial score (nSPS) is 19.6. The van der Waals surface area contributed by atoms with Crippen molar-refractivity contribution >= 4 is 5.97 Å². The Morgan fingerprint density at radius 2 is 2.42 bits per heavy atom. The van der Waals surface area contributed by atoms with E-state index < -0.39 is 12.0 Å². The summed E-state index contributed by atoms with van der Waals surface area (Å²) in [4.78, 5) is 10.5. The van der Waals surface area contributed by atoms with Gasteiger partial charge >= 0.3 is 5.97 Å². The summed E-state index contributed by atoms with van der Waals surface area (Å²) >= 11 is 0. The van der Waals surface area contributed by atoms with Gasteiger partial charge in [0.25, 0.3) is 0 Å². The van der Waals surface area contributed by atoms with Gasteiger partial charge in [0.2, 0.25) is 0 Å². The molecule has 2 N–H and O–H groups in total. The van der Waals surface area contributed by atoms with E-state index in [4.69, 9.17) is 5.11 Å². The van der Waals surface area contributed by atoms with Crippen LogP contribution in [0, 0.1) is 0 Å². The molecule has 0 fully saturated rings. The van der Waals surface area contributed by atoms with Crippen LogP contribution in [0.4, 0.5) is 0 Å². The van der Waals surface area contributed by atoms with Crippen LogP contribution in [0.5, 0.6) is 0 Å². The SMILES string of the molecule is CC(NC1=CCCCC1)C(=O)O. The Morgan fingerprint density at radius 1 is 1.67 bits per heavy atom. The fraction of sp³-hybridized carbons (Fsp3) is 0.667. The average Bonchev–Trinajstić information content (AvgIpc) is 2.06. The second kappa shape index (κ2) is 4.14. The number of hydrogen-bond donors (Lipinski definition) is 2. The van der Waals surface area contributed by atoms with Crippen LogP contribution in [0.2, 0.25) is 0 Å². The number of allylic oxidation sites excluding steroid dienone is 2. The van der Waals surface area contributed by atoms with Gasteiger partial charge < -0.3 is 10.4 Å². The fourth-order valence-corrected chi connectivity index (χ4v) is 1.31. The number of nitrogens with one attached hydrogen (secondary N) is 1. The third-order valence-electron chi connectivity index (χ3n) is 2.06. The molecular formula is C9H15NO2. The zero-order chi connectivity index (χ0) is 8.97. The molecule has 3 heteroatoms. The molecule has 0 aromatic heterocycles. The minimum atomic E-state index is -0.790. The molecule has 0 heterocycles.